The first-order valence-electron chi connectivity index (χ1n) is 7.11. The zero-order valence-corrected chi connectivity index (χ0v) is 13.4. The summed E-state index contributed by atoms with van der Waals surface area (Å²) in [4.78, 5) is 25.6. The van der Waals surface area contributed by atoms with Gasteiger partial charge in [0.15, 0.2) is 0 Å². The summed E-state index contributed by atoms with van der Waals surface area (Å²) in [5, 5.41) is 16.2. The number of aliphatic carboxylic acids is 1. The van der Waals surface area contributed by atoms with Crippen LogP contribution >= 0.6 is 11.8 Å². The van der Waals surface area contributed by atoms with Crippen LogP contribution in [0.4, 0.5) is 0 Å². The molecule has 21 heavy (non-hydrogen) atoms. The fraction of sp³-hybridized carbons (Fsp3) is 0.643. The van der Waals surface area contributed by atoms with Gasteiger partial charge in [0.25, 0.3) is 0 Å². The molecule has 6 nitrogen and oxygen atoms in total. The van der Waals surface area contributed by atoms with Crippen molar-refractivity contribution in [2.24, 2.45) is 0 Å². The lowest BCUT2D eigenvalue weighted by Crippen LogP contribution is -2.46. The van der Waals surface area contributed by atoms with Crippen LogP contribution in [-0.2, 0) is 16.0 Å². The van der Waals surface area contributed by atoms with Gasteiger partial charge in [0.05, 0.1) is 17.5 Å². The van der Waals surface area contributed by atoms with Gasteiger partial charge in [-0.05, 0) is 20.3 Å². The van der Waals surface area contributed by atoms with Gasteiger partial charge in [-0.2, -0.15) is 5.10 Å². The predicted octanol–water partition coefficient (Wildman–Crippen LogP) is 1.72. The Hall–Kier alpha value is -1.50. The molecule has 1 aliphatic heterocycles. The predicted molar refractivity (Wildman–Crippen MR) is 81.2 cm³/mol. The van der Waals surface area contributed by atoms with Gasteiger partial charge in [0, 0.05) is 17.0 Å². The summed E-state index contributed by atoms with van der Waals surface area (Å²) in [5.41, 5.74) is 2.54. The van der Waals surface area contributed by atoms with Crippen LogP contribution in [0.1, 0.15) is 36.7 Å². The second-order valence-electron chi connectivity index (χ2n) is 5.32. The van der Waals surface area contributed by atoms with Crippen LogP contribution in [0.5, 0.6) is 0 Å². The van der Waals surface area contributed by atoms with Crippen molar-refractivity contribution in [1.29, 1.82) is 0 Å². The summed E-state index contributed by atoms with van der Waals surface area (Å²) in [6.45, 7) is 5.77. The standard InChI is InChI=1S/C14H21N3O3S/c1-4-5-13-17(11(7-21-13)14(19)20)12(18)6-10-8(2)15-16-9(10)3/h11,13H,4-7H2,1-3H3,(H,15,16)(H,19,20). The summed E-state index contributed by atoms with van der Waals surface area (Å²) in [6.07, 6.45) is 1.96. The van der Waals surface area contributed by atoms with Crippen LogP contribution < -0.4 is 0 Å². The number of carbonyl (C=O) groups excluding carboxylic acids is 1. The van der Waals surface area contributed by atoms with Crippen molar-refractivity contribution in [1.82, 2.24) is 15.1 Å². The molecule has 7 heteroatoms. The van der Waals surface area contributed by atoms with Crippen LogP contribution in [0.25, 0.3) is 0 Å². The van der Waals surface area contributed by atoms with E-state index in [0.29, 0.717) is 5.75 Å². The maximum absolute atomic E-state index is 12.6. The number of nitrogens with zero attached hydrogens (tertiary/aromatic N) is 2. The molecule has 0 saturated carbocycles. The molecule has 0 aromatic carbocycles. The second-order valence-corrected chi connectivity index (χ2v) is 6.53. The van der Waals surface area contributed by atoms with E-state index in [1.54, 1.807) is 16.7 Å². The number of aryl methyl sites for hydroxylation is 2. The molecule has 2 heterocycles. The lowest BCUT2D eigenvalue weighted by molar-refractivity contribution is -0.148. The smallest absolute Gasteiger partial charge is 0.327 e. The molecule has 1 amide bonds. The fourth-order valence-electron chi connectivity index (χ4n) is 2.63. The zero-order chi connectivity index (χ0) is 15.6. The highest BCUT2D eigenvalue weighted by molar-refractivity contribution is 8.00. The van der Waals surface area contributed by atoms with E-state index in [2.05, 4.69) is 10.2 Å². The van der Waals surface area contributed by atoms with Gasteiger partial charge >= 0.3 is 5.97 Å². The summed E-state index contributed by atoms with van der Waals surface area (Å²) in [7, 11) is 0. The average Bonchev–Trinajstić information content (AvgIpc) is 2.97. The molecule has 0 spiro atoms. The Morgan fingerprint density at radius 1 is 1.48 bits per heavy atom. The Morgan fingerprint density at radius 2 is 2.19 bits per heavy atom. The second kappa shape index (κ2) is 6.51. The van der Waals surface area contributed by atoms with Crippen molar-refractivity contribution in [2.75, 3.05) is 5.75 Å². The number of nitrogens with one attached hydrogen (secondary N) is 1. The van der Waals surface area contributed by atoms with Crippen LogP contribution in [0.3, 0.4) is 0 Å². The molecule has 2 atom stereocenters. The van der Waals surface area contributed by atoms with E-state index in [9.17, 15) is 14.7 Å². The number of carboxylic acids is 1. The Balaban J connectivity index is 2.19. The van der Waals surface area contributed by atoms with Gasteiger partial charge in [-0.1, -0.05) is 13.3 Å². The highest BCUT2D eigenvalue weighted by Crippen LogP contribution is 2.33. The Labute approximate surface area is 128 Å². The summed E-state index contributed by atoms with van der Waals surface area (Å²) >= 11 is 1.56. The van der Waals surface area contributed by atoms with Crippen LogP contribution in [0, 0.1) is 13.8 Å². The van der Waals surface area contributed by atoms with Gasteiger partial charge in [-0.25, -0.2) is 4.79 Å². The maximum Gasteiger partial charge on any atom is 0.327 e. The number of hydrogen-bond acceptors (Lipinski definition) is 4. The molecule has 1 aromatic heterocycles. The molecular formula is C14H21N3O3S. The maximum atomic E-state index is 12.6. The van der Waals surface area contributed by atoms with Gasteiger partial charge in [0.2, 0.25) is 5.91 Å². The quantitative estimate of drug-likeness (QED) is 0.865. The first kappa shape index (κ1) is 15.9. The number of aromatic nitrogens is 2. The lowest BCUT2D eigenvalue weighted by atomic mass is 10.1. The molecule has 0 aliphatic carbocycles. The number of aromatic amines is 1. The van der Waals surface area contributed by atoms with Crippen molar-refractivity contribution in [2.45, 2.75) is 51.4 Å². The fourth-order valence-corrected chi connectivity index (χ4v) is 4.17. The largest absolute Gasteiger partial charge is 0.480 e. The minimum Gasteiger partial charge on any atom is -0.480 e. The molecule has 1 saturated heterocycles. The van der Waals surface area contributed by atoms with E-state index in [4.69, 9.17) is 0 Å². The number of carbonyl (C=O) groups is 2. The van der Waals surface area contributed by atoms with E-state index in [-0.39, 0.29) is 17.7 Å². The number of hydrogen-bond donors (Lipinski definition) is 2. The Kier molecular flexibility index (Phi) is 4.92. The van der Waals surface area contributed by atoms with Crippen LogP contribution in [0.15, 0.2) is 0 Å². The molecular weight excluding hydrogens is 290 g/mol. The molecule has 0 radical (unpaired) electrons. The highest BCUT2D eigenvalue weighted by Gasteiger charge is 2.41. The SMILES string of the molecule is CCCC1SCC(C(=O)O)N1C(=O)Cc1c(C)n[nH]c1C. The normalized spacial score (nSPS) is 21.8. The molecule has 1 aromatic rings. The summed E-state index contributed by atoms with van der Waals surface area (Å²) in [5.74, 6) is -0.580. The molecule has 1 fully saturated rings. The monoisotopic (exact) mass is 311 g/mol. The molecule has 2 unspecified atom stereocenters. The molecule has 116 valence electrons. The molecule has 1 aliphatic rings. The molecule has 0 bridgehead atoms. The van der Waals surface area contributed by atoms with Crippen molar-refractivity contribution >= 4 is 23.6 Å². The first-order valence-corrected chi connectivity index (χ1v) is 8.16. The van der Waals surface area contributed by atoms with Gasteiger partial charge in [0.1, 0.15) is 6.04 Å². The van der Waals surface area contributed by atoms with Crippen LogP contribution in [-0.4, -0.2) is 49.2 Å². The average molecular weight is 311 g/mol. The van der Waals surface area contributed by atoms with Crippen molar-refractivity contribution in [3.05, 3.63) is 17.0 Å². The number of carboxylic acid groups (broad SMARTS) is 1. The third-order valence-electron chi connectivity index (χ3n) is 3.81. The zero-order valence-electron chi connectivity index (χ0n) is 12.5. The molecule has 2 N–H and O–H groups in total. The van der Waals surface area contributed by atoms with E-state index < -0.39 is 12.0 Å². The van der Waals surface area contributed by atoms with Gasteiger partial charge < -0.3 is 10.0 Å². The number of rotatable bonds is 5. The van der Waals surface area contributed by atoms with E-state index in [0.717, 1.165) is 29.8 Å². The van der Waals surface area contributed by atoms with E-state index in [1.807, 2.05) is 20.8 Å². The first-order chi connectivity index (χ1) is 9.95. The third-order valence-corrected chi connectivity index (χ3v) is 5.17. The third kappa shape index (κ3) is 3.23. The lowest BCUT2D eigenvalue weighted by Gasteiger charge is -2.27. The van der Waals surface area contributed by atoms with Crippen LogP contribution in [0.2, 0.25) is 0 Å². The minimum absolute atomic E-state index is 0.0314. The number of amides is 1. The number of thioether (sulfide) groups is 1. The molecule has 2 rings (SSSR count). The van der Waals surface area contributed by atoms with E-state index >= 15 is 0 Å². The minimum atomic E-state index is -0.921. The Morgan fingerprint density at radius 3 is 2.71 bits per heavy atom. The van der Waals surface area contributed by atoms with Crippen molar-refractivity contribution < 1.29 is 14.7 Å². The van der Waals surface area contributed by atoms with Gasteiger partial charge in [-0.15, -0.1) is 11.8 Å². The summed E-state index contributed by atoms with van der Waals surface area (Å²) < 4.78 is 0. The Bertz CT molecular complexity index is 524. The highest BCUT2D eigenvalue weighted by atomic mass is 32.2. The number of H-pyrrole nitrogens is 1. The van der Waals surface area contributed by atoms with Gasteiger partial charge in [-0.3, -0.25) is 9.89 Å². The van der Waals surface area contributed by atoms with Crippen molar-refractivity contribution in [3.8, 4) is 0 Å². The van der Waals surface area contributed by atoms with Crippen molar-refractivity contribution in [3.63, 3.8) is 0 Å². The van der Waals surface area contributed by atoms with E-state index in [1.165, 1.54) is 0 Å². The topological polar surface area (TPSA) is 86.3 Å². The summed E-state index contributed by atoms with van der Waals surface area (Å²) in [6, 6.07) is -0.716.